The molecule has 2 saturated carbocycles. The normalized spacial score (nSPS) is 30.8. The molecule has 86 valence electrons. The van der Waals surface area contributed by atoms with Crippen molar-refractivity contribution in [2.75, 3.05) is 0 Å². The van der Waals surface area contributed by atoms with Crippen molar-refractivity contribution in [1.29, 1.82) is 0 Å². The molecule has 0 amide bonds. The summed E-state index contributed by atoms with van der Waals surface area (Å²) in [7, 11) is 0. The zero-order valence-electron chi connectivity index (χ0n) is 9.68. The topological polar surface area (TPSA) is 20.2 Å². The molecule has 0 spiro atoms. The predicted molar refractivity (Wildman–Crippen MR) is 65.3 cm³/mol. The van der Waals surface area contributed by atoms with Gasteiger partial charge in [-0.1, -0.05) is 49.6 Å². The highest BCUT2D eigenvalue weighted by Gasteiger charge is 2.43. The van der Waals surface area contributed by atoms with Crippen LogP contribution >= 0.6 is 0 Å². The first-order valence-corrected chi connectivity index (χ1v) is 6.57. The van der Waals surface area contributed by atoms with Gasteiger partial charge in [-0.25, -0.2) is 0 Å². The molecule has 2 aliphatic rings. The minimum Gasteiger partial charge on any atom is -0.393 e. The summed E-state index contributed by atoms with van der Waals surface area (Å²) in [6, 6.07) is 10.7. The average molecular weight is 216 g/mol. The molecule has 1 nitrogen and oxygen atoms in total. The highest BCUT2D eigenvalue weighted by atomic mass is 16.3. The molecule has 2 aliphatic carbocycles. The lowest BCUT2D eigenvalue weighted by atomic mass is 9.80. The third-order valence-corrected chi connectivity index (χ3v) is 4.36. The van der Waals surface area contributed by atoms with Gasteiger partial charge in [0.15, 0.2) is 0 Å². The molecule has 0 bridgehead atoms. The van der Waals surface area contributed by atoms with E-state index in [1.54, 1.807) is 0 Å². The second-order valence-electron chi connectivity index (χ2n) is 5.52. The Morgan fingerprint density at radius 3 is 2.56 bits per heavy atom. The number of rotatable bonds is 4. The summed E-state index contributed by atoms with van der Waals surface area (Å²) >= 11 is 0. The molecule has 3 unspecified atom stereocenters. The average Bonchev–Trinajstić information content (AvgIpc) is 3.04. The highest BCUT2D eigenvalue weighted by molar-refractivity contribution is 5.26. The summed E-state index contributed by atoms with van der Waals surface area (Å²) in [5, 5.41) is 10.2. The first-order chi connectivity index (χ1) is 7.84. The van der Waals surface area contributed by atoms with Crippen LogP contribution in [0, 0.1) is 11.8 Å². The van der Waals surface area contributed by atoms with Gasteiger partial charge < -0.3 is 5.11 Å². The monoisotopic (exact) mass is 216 g/mol. The van der Waals surface area contributed by atoms with Crippen LogP contribution in [0.15, 0.2) is 30.3 Å². The Balaban J connectivity index is 1.55. The van der Waals surface area contributed by atoms with Crippen LogP contribution < -0.4 is 0 Å². The molecule has 1 heteroatoms. The van der Waals surface area contributed by atoms with Crippen LogP contribution in [0.5, 0.6) is 0 Å². The van der Waals surface area contributed by atoms with Gasteiger partial charge in [0.05, 0.1) is 6.10 Å². The number of hydrogen-bond donors (Lipinski definition) is 1. The predicted octanol–water partition coefficient (Wildman–Crippen LogP) is 3.34. The van der Waals surface area contributed by atoms with Crippen LogP contribution in [0.2, 0.25) is 0 Å². The minimum atomic E-state index is -0.0458. The maximum Gasteiger partial charge on any atom is 0.0577 e. The van der Waals surface area contributed by atoms with Crippen LogP contribution in [-0.2, 0) is 0 Å². The molecule has 2 fully saturated rings. The maximum absolute atomic E-state index is 10.2. The van der Waals surface area contributed by atoms with Gasteiger partial charge in [0.1, 0.15) is 0 Å². The van der Waals surface area contributed by atoms with E-state index in [4.69, 9.17) is 0 Å². The molecule has 16 heavy (non-hydrogen) atoms. The summed E-state index contributed by atoms with van der Waals surface area (Å²) < 4.78 is 0. The van der Waals surface area contributed by atoms with Crippen molar-refractivity contribution < 1.29 is 5.11 Å². The summed E-state index contributed by atoms with van der Waals surface area (Å²) in [5.74, 6) is 2.01. The molecular formula is C15H20O. The van der Waals surface area contributed by atoms with Crippen molar-refractivity contribution in [3.8, 4) is 0 Å². The van der Waals surface area contributed by atoms with Gasteiger partial charge in [0, 0.05) is 0 Å². The number of benzene rings is 1. The summed E-state index contributed by atoms with van der Waals surface area (Å²) in [6.45, 7) is 0. The van der Waals surface area contributed by atoms with Gasteiger partial charge in [-0.3, -0.25) is 0 Å². The van der Waals surface area contributed by atoms with E-state index in [9.17, 15) is 5.11 Å². The first-order valence-electron chi connectivity index (χ1n) is 6.57. The van der Waals surface area contributed by atoms with Crippen LogP contribution in [-0.4, -0.2) is 11.2 Å². The lowest BCUT2D eigenvalue weighted by Crippen LogP contribution is -2.21. The summed E-state index contributed by atoms with van der Waals surface area (Å²) in [6.07, 6.45) is 6.27. The fourth-order valence-electron chi connectivity index (χ4n) is 2.97. The molecule has 0 heterocycles. The molecule has 3 rings (SSSR count). The van der Waals surface area contributed by atoms with E-state index in [-0.39, 0.29) is 6.10 Å². The van der Waals surface area contributed by atoms with E-state index in [0.29, 0.717) is 11.8 Å². The third kappa shape index (κ3) is 2.01. The maximum atomic E-state index is 10.2. The lowest BCUT2D eigenvalue weighted by Gasteiger charge is -2.27. The molecule has 0 aromatic heterocycles. The van der Waals surface area contributed by atoms with Crippen LogP contribution in [0.4, 0.5) is 0 Å². The van der Waals surface area contributed by atoms with Gasteiger partial charge >= 0.3 is 0 Å². The lowest BCUT2D eigenvalue weighted by molar-refractivity contribution is 0.0973. The van der Waals surface area contributed by atoms with E-state index in [0.717, 1.165) is 12.3 Å². The van der Waals surface area contributed by atoms with Crippen molar-refractivity contribution in [2.45, 2.75) is 44.1 Å². The second-order valence-corrected chi connectivity index (χ2v) is 5.52. The SMILES string of the molecule is OC(CC1CCC1)C1CC1c1ccccc1. The molecule has 3 atom stereocenters. The Morgan fingerprint density at radius 2 is 1.94 bits per heavy atom. The zero-order chi connectivity index (χ0) is 11.0. The van der Waals surface area contributed by atoms with Gasteiger partial charge in [0.25, 0.3) is 0 Å². The Hall–Kier alpha value is -0.820. The quantitative estimate of drug-likeness (QED) is 0.818. The molecule has 0 saturated heterocycles. The van der Waals surface area contributed by atoms with Crippen LogP contribution in [0.3, 0.4) is 0 Å². The standard InChI is InChI=1S/C15H20O/c16-15(9-11-5-4-6-11)14-10-13(14)12-7-2-1-3-8-12/h1-3,7-8,11,13-16H,4-6,9-10H2. The van der Waals surface area contributed by atoms with Gasteiger partial charge in [0.2, 0.25) is 0 Å². The van der Waals surface area contributed by atoms with Gasteiger partial charge in [-0.05, 0) is 36.2 Å². The van der Waals surface area contributed by atoms with E-state index in [2.05, 4.69) is 30.3 Å². The van der Waals surface area contributed by atoms with E-state index in [1.165, 1.54) is 31.2 Å². The molecule has 0 aliphatic heterocycles. The fraction of sp³-hybridized carbons (Fsp3) is 0.600. The van der Waals surface area contributed by atoms with Gasteiger partial charge in [-0.15, -0.1) is 0 Å². The Morgan fingerprint density at radius 1 is 1.19 bits per heavy atom. The second kappa shape index (κ2) is 4.21. The minimum absolute atomic E-state index is 0.0458. The molecular weight excluding hydrogens is 196 g/mol. The largest absolute Gasteiger partial charge is 0.393 e. The Labute approximate surface area is 97.5 Å². The summed E-state index contributed by atoms with van der Waals surface area (Å²) in [5.41, 5.74) is 1.42. The van der Waals surface area contributed by atoms with E-state index in [1.807, 2.05) is 0 Å². The highest BCUT2D eigenvalue weighted by Crippen LogP contribution is 2.51. The van der Waals surface area contributed by atoms with Crippen molar-refractivity contribution in [3.05, 3.63) is 35.9 Å². The molecule has 1 N–H and O–H groups in total. The van der Waals surface area contributed by atoms with Crippen LogP contribution in [0.25, 0.3) is 0 Å². The molecule has 1 aromatic carbocycles. The smallest absolute Gasteiger partial charge is 0.0577 e. The Kier molecular flexibility index (Phi) is 2.72. The first kappa shape index (κ1) is 10.3. The van der Waals surface area contributed by atoms with E-state index < -0.39 is 0 Å². The van der Waals surface area contributed by atoms with Crippen LogP contribution in [0.1, 0.15) is 43.6 Å². The number of hydrogen-bond acceptors (Lipinski definition) is 1. The number of aliphatic hydroxyl groups excluding tert-OH is 1. The van der Waals surface area contributed by atoms with Crippen molar-refractivity contribution in [2.24, 2.45) is 11.8 Å². The van der Waals surface area contributed by atoms with Crippen molar-refractivity contribution in [1.82, 2.24) is 0 Å². The molecule has 1 aromatic rings. The zero-order valence-corrected chi connectivity index (χ0v) is 9.68. The van der Waals surface area contributed by atoms with Crippen molar-refractivity contribution in [3.63, 3.8) is 0 Å². The van der Waals surface area contributed by atoms with Crippen molar-refractivity contribution >= 4 is 0 Å². The third-order valence-electron chi connectivity index (χ3n) is 4.36. The summed E-state index contributed by atoms with van der Waals surface area (Å²) in [4.78, 5) is 0. The molecule has 0 radical (unpaired) electrons. The van der Waals surface area contributed by atoms with Gasteiger partial charge in [-0.2, -0.15) is 0 Å². The van der Waals surface area contributed by atoms with E-state index >= 15 is 0 Å². The fourth-order valence-corrected chi connectivity index (χ4v) is 2.97. The Bertz CT molecular complexity index is 342. The number of aliphatic hydroxyl groups is 1.